The van der Waals surface area contributed by atoms with Crippen molar-refractivity contribution in [3.05, 3.63) is 53.0 Å². The van der Waals surface area contributed by atoms with Gasteiger partial charge in [-0.25, -0.2) is 14.8 Å². The van der Waals surface area contributed by atoms with E-state index in [4.69, 9.17) is 4.98 Å². The van der Waals surface area contributed by atoms with Gasteiger partial charge in [0.1, 0.15) is 5.03 Å². The zero-order chi connectivity index (χ0) is 20.1. The van der Waals surface area contributed by atoms with E-state index in [2.05, 4.69) is 31.5 Å². The normalized spacial score (nSPS) is 11.8. The van der Waals surface area contributed by atoms with Crippen molar-refractivity contribution < 1.29 is 9.59 Å². The molecule has 144 valence electrons. The van der Waals surface area contributed by atoms with Gasteiger partial charge in [0.15, 0.2) is 5.82 Å². The molecule has 0 fully saturated rings. The quantitative estimate of drug-likeness (QED) is 0.437. The molecule has 0 aliphatic carbocycles. The zero-order valence-electron chi connectivity index (χ0n) is 15.4. The lowest BCUT2D eigenvalue weighted by Gasteiger charge is -2.13. The third-order valence-corrected chi connectivity index (χ3v) is 5.53. The van der Waals surface area contributed by atoms with E-state index in [0.717, 1.165) is 20.9 Å². The van der Waals surface area contributed by atoms with E-state index < -0.39 is 11.3 Å². The van der Waals surface area contributed by atoms with Crippen molar-refractivity contribution in [2.45, 2.75) is 24.1 Å². The van der Waals surface area contributed by atoms with Crippen molar-refractivity contribution in [2.75, 3.05) is 6.54 Å². The van der Waals surface area contributed by atoms with E-state index in [0.29, 0.717) is 17.4 Å². The number of hydrogen-bond donors (Lipinski definition) is 2. The minimum absolute atomic E-state index is 0.371. The number of imide groups is 1. The molecule has 2 N–H and O–H groups in total. The highest BCUT2D eigenvalue weighted by Crippen LogP contribution is 2.31. The molecule has 28 heavy (non-hydrogen) atoms. The number of hydrogen-bond acceptors (Lipinski definition) is 5. The predicted molar refractivity (Wildman–Crippen MR) is 115 cm³/mol. The average Bonchev–Trinajstić information content (AvgIpc) is 2.68. The van der Waals surface area contributed by atoms with Crippen molar-refractivity contribution in [1.29, 1.82) is 0 Å². The van der Waals surface area contributed by atoms with Crippen LogP contribution in [0.5, 0.6) is 0 Å². The van der Waals surface area contributed by atoms with Gasteiger partial charge in [0.2, 0.25) is 5.91 Å². The van der Waals surface area contributed by atoms with E-state index in [1.54, 1.807) is 13.8 Å². The number of carbonyl (C=O) groups excluding carboxylic acids is 2. The number of amides is 3. The number of nitrogens with one attached hydrogen (secondary N) is 2. The smallest absolute Gasteiger partial charge is 0.321 e. The van der Waals surface area contributed by atoms with Gasteiger partial charge in [0, 0.05) is 22.0 Å². The highest BCUT2D eigenvalue weighted by molar-refractivity contribution is 9.10. The summed E-state index contributed by atoms with van der Waals surface area (Å²) in [7, 11) is 0. The molecule has 0 aliphatic heterocycles. The number of nitrogens with zero attached hydrogens (tertiary/aromatic N) is 2. The number of benzene rings is 2. The number of aromatic nitrogens is 2. The van der Waals surface area contributed by atoms with E-state index in [1.165, 1.54) is 11.8 Å². The Labute approximate surface area is 175 Å². The van der Waals surface area contributed by atoms with Gasteiger partial charge in [-0.3, -0.25) is 10.1 Å². The first kappa shape index (κ1) is 20.3. The minimum Gasteiger partial charge on any atom is -0.338 e. The van der Waals surface area contributed by atoms with Gasteiger partial charge in [-0.15, -0.1) is 0 Å². The zero-order valence-corrected chi connectivity index (χ0v) is 17.8. The Kier molecular flexibility index (Phi) is 6.64. The molecule has 0 unspecified atom stereocenters. The molecule has 0 aliphatic rings. The topological polar surface area (TPSA) is 84.0 Å². The van der Waals surface area contributed by atoms with Gasteiger partial charge in [0.25, 0.3) is 0 Å². The molecule has 1 aromatic heterocycles. The molecule has 8 heteroatoms. The summed E-state index contributed by atoms with van der Waals surface area (Å²) in [5.41, 5.74) is 1.68. The molecule has 1 heterocycles. The first-order chi connectivity index (χ1) is 13.5. The molecular formula is C20H19BrN4O2S. The summed E-state index contributed by atoms with van der Waals surface area (Å²) in [4.78, 5) is 33.3. The Bertz CT molecular complexity index is 1010. The van der Waals surface area contributed by atoms with Crippen LogP contribution in [0.15, 0.2) is 58.0 Å². The van der Waals surface area contributed by atoms with Crippen LogP contribution in [0, 0.1) is 0 Å². The summed E-state index contributed by atoms with van der Waals surface area (Å²) in [5.74, 6) is 0.217. The summed E-state index contributed by atoms with van der Waals surface area (Å²) in [6.07, 6.45) is 0. The Morgan fingerprint density at radius 1 is 1.11 bits per heavy atom. The third-order valence-electron chi connectivity index (χ3n) is 3.90. The molecule has 0 bridgehead atoms. The Morgan fingerprint density at radius 2 is 1.82 bits per heavy atom. The second-order valence-electron chi connectivity index (χ2n) is 5.99. The maximum absolute atomic E-state index is 12.3. The van der Waals surface area contributed by atoms with Crippen LogP contribution >= 0.6 is 27.7 Å². The maximum atomic E-state index is 12.3. The minimum atomic E-state index is -0.501. The van der Waals surface area contributed by atoms with Gasteiger partial charge in [-0.1, -0.05) is 58.0 Å². The molecule has 2 aromatic carbocycles. The van der Waals surface area contributed by atoms with Crippen LogP contribution in [0.4, 0.5) is 4.79 Å². The van der Waals surface area contributed by atoms with E-state index >= 15 is 0 Å². The Hall–Kier alpha value is -2.45. The van der Waals surface area contributed by atoms with E-state index in [1.807, 2.05) is 48.5 Å². The molecular weight excluding hydrogens is 440 g/mol. The fourth-order valence-electron chi connectivity index (χ4n) is 2.50. The summed E-state index contributed by atoms with van der Waals surface area (Å²) in [5, 5.41) is 5.96. The number of rotatable bonds is 5. The van der Waals surface area contributed by atoms with E-state index in [9.17, 15) is 9.59 Å². The lowest BCUT2D eigenvalue weighted by Crippen LogP contribution is -2.42. The van der Waals surface area contributed by atoms with Gasteiger partial charge < -0.3 is 5.32 Å². The van der Waals surface area contributed by atoms with Crippen molar-refractivity contribution in [2.24, 2.45) is 0 Å². The lowest BCUT2D eigenvalue weighted by atomic mass is 10.2. The largest absolute Gasteiger partial charge is 0.338 e. The van der Waals surface area contributed by atoms with Gasteiger partial charge in [0.05, 0.1) is 10.8 Å². The first-order valence-electron chi connectivity index (χ1n) is 8.76. The number of urea groups is 1. The highest BCUT2D eigenvalue weighted by atomic mass is 79.9. The van der Waals surface area contributed by atoms with Gasteiger partial charge >= 0.3 is 6.03 Å². The van der Waals surface area contributed by atoms with E-state index in [-0.39, 0.29) is 5.91 Å². The Morgan fingerprint density at radius 3 is 2.54 bits per heavy atom. The van der Waals surface area contributed by atoms with Gasteiger partial charge in [-0.05, 0) is 32.0 Å². The van der Waals surface area contributed by atoms with Crippen LogP contribution in [0.2, 0.25) is 0 Å². The van der Waals surface area contributed by atoms with Crippen molar-refractivity contribution in [3.8, 4) is 11.4 Å². The molecule has 6 nitrogen and oxygen atoms in total. The second-order valence-corrected chi connectivity index (χ2v) is 8.23. The van der Waals surface area contributed by atoms with Crippen molar-refractivity contribution >= 4 is 50.5 Å². The second kappa shape index (κ2) is 9.16. The summed E-state index contributed by atoms with van der Waals surface area (Å²) >= 11 is 4.73. The molecule has 3 aromatic rings. The molecule has 0 radical (unpaired) electrons. The average molecular weight is 459 g/mol. The van der Waals surface area contributed by atoms with Crippen LogP contribution in [0.25, 0.3) is 22.3 Å². The summed E-state index contributed by atoms with van der Waals surface area (Å²) < 4.78 is 0.974. The predicted octanol–water partition coefficient (Wildman–Crippen LogP) is 4.39. The number of carbonyl (C=O) groups is 2. The lowest BCUT2D eigenvalue weighted by molar-refractivity contribution is -0.119. The first-order valence-corrected chi connectivity index (χ1v) is 10.4. The van der Waals surface area contributed by atoms with Crippen LogP contribution in [0.3, 0.4) is 0 Å². The van der Waals surface area contributed by atoms with Crippen molar-refractivity contribution in [3.63, 3.8) is 0 Å². The molecule has 0 spiro atoms. The monoisotopic (exact) mass is 458 g/mol. The fraction of sp³-hybridized carbons (Fsp3) is 0.200. The molecule has 3 rings (SSSR count). The fourth-order valence-corrected chi connectivity index (χ4v) is 3.71. The highest BCUT2D eigenvalue weighted by Gasteiger charge is 2.20. The standard InChI is InChI=1S/C20H19BrN4O2S/c1-3-22-20(27)25-18(26)12(2)28-19-15-6-4-5-7-16(15)23-17(24-19)13-8-10-14(21)11-9-13/h4-12H,3H2,1-2H3,(H2,22,25,26,27)/t12-/m0/s1. The van der Waals surface area contributed by atoms with Crippen LogP contribution in [-0.2, 0) is 4.79 Å². The molecule has 3 amide bonds. The molecule has 1 atom stereocenters. The SMILES string of the molecule is CCNC(=O)NC(=O)[C@H](C)Sc1nc(-c2ccc(Br)cc2)nc2ccccc12. The number of para-hydroxylation sites is 1. The van der Waals surface area contributed by atoms with Gasteiger partial charge in [-0.2, -0.15) is 0 Å². The summed E-state index contributed by atoms with van der Waals surface area (Å²) in [6, 6.07) is 14.9. The third kappa shape index (κ3) is 4.88. The Balaban J connectivity index is 1.92. The van der Waals surface area contributed by atoms with Crippen LogP contribution in [-0.4, -0.2) is 33.7 Å². The number of thioether (sulfide) groups is 1. The van der Waals surface area contributed by atoms with Crippen molar-refractivity contribution in [1.82, 2.24) is 20.6 Å². The summed E-state index contributed by atoms with van der Waals surface area (Å²) in [6.45, 7) is 3.99. The number of halogens is 1. The molecule has 0 saturated heterocycles. The number of fused-ring (bicyclic) bond motifs is 1. The van der Waals surface area contributed by atoms with Crippen LogP contribution in [0.1, 0.15) is 13.8 Å². The molecule has 0 saturated carbocycles. The maximum Gasteiger partial charge on any atom is 0.321 e. The van der Waals surface area contributed by atoms with Crippen LogP contribution < -0.4 is 10.6 Å².